The van der Waals surface area contributed by atoms with E-state index >= 15 is 0 Å². The minimum Gasteiger partial charge on any atom is -0.377 e. The van der Waals surface area contributed by atoms with Crippen LogP contribution in [0, 0.1) is 0 Å². The molecule has 1 heterocycles. The molecule has 1 aromatic carbocycles. The molecule has 78 valence electrons. The molecule has 4 nitrogen and oxygen atoms in total. The maximum Gasteiger partial charge on any atom is 0.168 e. The Kier molecular flexibility index (Phi) is 2.78. The van der Waals surface area contributed by atoms with E-state index in [2.05, 4.69) is 10.2 Å². The Morgan fingerprint density at radius 1 is 1.53 bits per heavy atom. The number of aldehydes is 1. The quantitative estimate of drug-likeness (QED) is 0.774. The minimum absolute atomic E-state index is 0.508. The molecule has 0 amide bonds. The summed E-state index contributed by atoms with van der Waals surface area (Å²) in [6.07, 6.45) is 0.783. The third-order valence-electron chi connectivity index (χ3n) is 2.27. The molecular formula is C11H12N2O2. The molecule has 0 aliphatic heterocycles. The van der Waals surface area contributed by atoms with E-state index in [0.29, 0.717) is 18.9 Å². The summed E-state index contributed by atoms with van der Waals surface area (Å²) in [5.41, 5.74) is 2.31. The van der Waals surface area contributed by atoms with Gasteiger partial charge in [0.25, 0.3) is 0 Å². The summed E-state index contributed by atoms with van der Waals surface area (Å²) >= 11 is 0. The van der Waals surface area contributed by atoms with Gasteiger partial charge in [0.05, 0.1) is 12.1 Å². The maximum absolute atomic E-state index is 10.8. The van der Waals surface area contributed by atoms with Gasteiger partial charge in [-0.25, -0.2) is 0 Å². The van der Waals surface area contributed by atoms with Gasteiger partial charge in [0.15, 0.2) is 6.29 Å². The third-order valence-corrected chi connectivity index (χ3v) is 2.27. The first-order valence-corrected chi connectivity index (χ1v) is 4.85. The molecule has 0 radical (unpaired) electrons. The van der Waals surface area contributed by atoms with Crippen molar-refractivity contribution in [3.05, 3.63) is 29.5 Å². The second kappa shape index (κ2) is 4.23. The summed E-state index contributed by atoms with van der Waals surface area (Å²) in [5.74, 6) is 0. The lowest BCUT2D eigenvalue weighted by Gasteiger charge is -2.02. The van der Waals surface area contributed by atoms with Crippen molar-refractivity contribution in [3.8, 4) is 0 Å². The van der Waals surface area contributed by atoms with E-state index in [9.17, 15) is 4.79 Å². The number of rotatable bonds is 4. The number of nitrogens with one attached hydrogen (secondary N) is 1. The highest BCUT2D eigenvalue weighted by Gasteiger charge is 2.08. The Morgan fingerprint density at radius 2 is 2.40 bits per heavy atom. The Morgan fingerprint density at radius 3 is 3.13 bits per heavy atom. The molecule has 0 bridgehead atoms. The highest BCUT2D eigenvalue weighted by Crippen LogP contribution is 2.20. The number of aromatic amines is 1. The molecule has 2 rings (SSSR count). The molecule has 0 fully saturated rings. The van der Waals surface area contributed by atoms with E-state index in [0.717, 1.165) is 22.8 Å². The number of benzene rings is 1. The predicted octanol–water partition coefficient (Wildman–Crippen LogP) is 1.91. The molecule has 0 saturated carbocycles. The molecule has 4 heteroatoms. The second-order valence-electron chi connectivity index (χ2n) is 3.20. The van der Waals surface area contributed by atoms with E-state index < -0.39 is 0 Å². The van der Waals surface area contributed by atoms with Crippen molar-refractivity contribution in [3.63, 3.8) is 0 Å². The van der Waals surface area contributed by atoms with Gasteiger partial charge in [-0.05, 0) is 18.6 Å². The first-order chi connectivity index (χ1) is 7.36. The highest BCUT2D eigenvalue weighted by atomic mass is 16.5. The van der Waals surface area contributed by atoms with Gasteiger partial charge in [0.1, 0.15) is 5.69 Å². The van der Waals surface area contributed by atoms with Crippen LogP contribution in [0.5, 0.6) is 0 Å². The number of aromatic nitrogens is 2. The number of fused-ring (bicyclic) bond motifs is 1. The molecule has 0 spiro atoms. The van der Waals surface area contributed by atoms with Crippen LogP contribution < -0.4 is 0 Å². The Labute approximate surface area is 87.2 Å². The molecule has 0 aliphatic carbocycles. The summed E-state index contributed by atoms with van der Waals surface area (Å²) in [6, 6.07) is 5.72. The fraction of sp³-hybridized carbons (Fsp3) is 0.273. The van der Waals surface area contributed by atoms with Crippen LogP contribution in [0.1, 0.15) is 23.0 Å². The molecule has 0 aliphatic rings. The topological polar surface area (TPSA) is 55.0 Å². The van der Waals surface area contributed by atoms with Crippen LogP contribution >= 0.6 is 0 Å². The van der Waals surface area contributed by atoms with E-state index in [1.54, 1.807) is 0 Å². The first kappa shape index (κ1) is 9.86. The van der Waals surface area contributed by atoms with Gasteiger partial charge >= 0.3 is 0 Å². The summed E-state index contributed by atoms with van der Waals surface area (Å²) in [5, 5.41) is 7.62. The first-order valence-electron chi connectivity index (χ1n) is 4.85. The second-order valence-corrected chi connectivity index (χ2v) is 3.20. The predicted molar refractivity (Wildman–Crippen MR) is 56.8 cm³/mol. The maximum atomic E-state index is 10.8. The summed E-state index contributed by atoms with van der Waals surface area (Å²) in [6.45, 7) is 3.11. The number of H-pyrrole nitrogens is 1. The van der Waals surface area contributed by atoms with Crippen LogP contribution in [0.25, 0.3) is 10.9 Å². The lowest BCUT2D eigenvalue weighted by molar-refractivity contribution is 0.112. The van der Waals surface area contributed by atoms with E-state index in [1.807, 2.05) is 25.1 Å². The van der Waals surface area contributed by atoms with Crippen molar-refractivity contribution in [2.75, 3.05) is 6.61 Å². The van der Waals surface area contributed by atoms with Crippen molar-refractivity contribution in [2.45, 2.75) is 13.5 Å². The van der Waals surface area contributed by atoms with Crippen LogP contribution in [0.4, 0.5) is 0 Å². The van der Waals surface area contributed by atoms with Crippen LogP contribution in [-0.4, -0.2) is 23.1 Å². The van der Waals surface area contributed by atoms with Crippen LogP contribution in [0.2, 0.25) is 0 Å². The Hall–Kier alpha value is -1.68. The number of carbonyl (C=O) groups is 1. The number of hydrogen-bond donors (Lipinski definition) is 1. The number of ether oxygens (including phenoxy) is 1. The fourth-order valence-corrected chi connectivity index (χ4v) is 1.58. The lowest BCUT2D eigenvalue weighted by Crippen LogP contribution is -1.93. The van der Waals surface area contributed by atoms with Gasteiger partial charge in [0.2, 0.25) is 0 Å². The normalized spacial score (nSPS) is 10.7. The molecule has 0 atom stereocenters. The zero-order valence-electron chi connectivity index (χ0n) is 8.49. The molecule has 2 aromatic rings. The molecule has 0 saturated heterocycles. The van der Waals surface area contributed by atoms with Crippen molar-refractivity contribution >= 4 is 17.2 Å². The summed E-state index contributed by atoms with van der Waals surface area (Å²) in [7, 11) is 0. The zero-order chi connectivity index (χ0) is 10.7. The van der Waals surface area contributed by atoms with E-state index in [4.69, 9.17) is 4.74 Å². The van der Waals surface area contributed by atoms with Crippen molar-refractivity contribution in [1.29, 1.82) is 0 Å². The monoisotopic (exact) mass is 204 g/mol. The van der Waals surface area contributed by atoms with Gasteiger partial charge in [-0.3, -0.25) is 9.89 Å². The van der Waals surface area contributed by atoms with Crippen LogP contribution in [-0.2, 0) is 11.3 Å². The number of carbonyl (C=O) groups excluding carboxylic acids is 1. The van der Waals surface area contributed by atoms with E-state index in [1.165, 1.54) is 0 Å². The zero-order valence-corrected chi connectivity index (χ0v) is 8.49. The SMILES string of the molecule is CCOCc1cccc2n[nH]c(C=O)c12. The molecule has 15 heavy (non-hydrogen) atoms. The van der Waals surface area contributed by atoms with Gasteiger partial charge in [0, 0.05) is 12.0 Å². The number of nitrogens with zero attached hydrogens (tertiary/aromatic N) is 1. The van der Waals surface area contributed by atoms with Crippen molar-refractivity contribution in [2.24, 2.45) is 0 Å². The summed E-state index contributed by atoms with van der Waals surface area (Å²) in [4.78, 5) is 10.8. The van der Waals surface area contributed by atoms with Gasteiger partial charge in [-0.15, -0.1) is 0 Å². The van der Waals surface area contributed by atoms with Crippen molar-refractivity contribution < 1.29 is 9.53 Å². The molecule has 0 unspecified atom stereocenters. The average molecular weight is 204 g/mol. The standard InChI is InChI=1S/C11H12N2O2/c1-2-15-7-8-4-3-5-9-11(8)10(6-14)13-12-9/h3-6H,2,7H2,1H3,(H,12,13). The lowest BCUT2D eigenvalue weighted by atomic mass is 10.1. The Balaban J connectivity index is 2.51. The minimum atomic E-state index is 0.508. The van der Waals surface area contributed by atoms with Crippen LogP contribution in [0.15, 0.2) is 18.2 Å². The largest absolute Gasteiger partial charge is 0.377 e. The van der Waals surface area contributed by atoms with Gasteiger partial charge in [-0.2, -0.15) is 5.10 Å². The van der Waals surface area contributed by atoms with Gasteiger partial charge < -0.3 is 4.74 Å². The third kappa shape index (κ3) is 1.76. The van der Waals surface area contributed by atoms with E-state index in [-0.39, 0.29) is 0 Å². The van der Waals surface area contributed by atoms with Gasteiger partial charge in [-0.1, -0.05) is 12.1 Å². The smallest absolute Gasteiger partial charge is 0.168 e. The number of hydrogen-bond acceptors (Lipinski definition) is 3. The van der Waals surface area contributed by atoms with Crippen molar-refractivity contribution in [1.82, 2.24) is 10.2 Å². The molecule has 1 N–H and O–H groups in total. The Bertz CT molecular complexity index is 476. The fourth-order valence-electron chi connectivity index (χ4n) is 1.58. The molecule has 1 aromatic heterocycles. The average Bonchev–Trinajstić information content (AvgIpc) is 2.69. The van der Waals surface area contributed by atoms with Crippen LogP contribution in [0.3, 0.4) is 0 Å². The summed E-state index contributed by atoms with van der Waals surface area (Å²) < 4.78 is 5.34. The molecular weight excluding hydrogens is 192 g/mol. The highest BCUT2D eigenvalue weighted by molar-refractivity contribution is 5.96.